The van der Waals surface area contributed by atoms with Gasteiger partial charge >= 0.3 is 0 Å². The van der Waals surface area contributed by atoms with E-state index in [9.17, 15) is 4.79 Å². The zero-order valence-corrected chi connectivity index (χ0v) is 10.8. The Morgan fingerprint density at radius 1 is 1.53 bits per heavy atom. The lowest BCUT2D eigenvalue weighted by Crippen LogP contribution is -2.21. The van der Waals surface area contributed by atoms with Crippen LogP contribution in [0.3, 0.4) is 0 Å². The highest BCUT2D eigenvalue weighted by atomic mass is 32.1. The highest BCUT2D eigenvalue weighted by molar-refractivity contribution is 7.10. The molecule has 5 heteroatoms. The summed E-state index contributed by atoms with van der Waals surface area (Å²) in [4.78, 5) is 17.0. The fraction of sp³-hybridized carbons (Fsp3) is 0.333. The number of hydrogen-bond acceptors (Lipinski definition) is 4. The summed E-state index contributed by atoms with van der Waals surface area (Å²) in [6.07, 6.45) is 4.29. The molecular formula is C12H15N3OS. The standard InChI is InChI=1S/C12H15N3OS/c1-3-9-4-7-17-10(9)8-14-11-12(16)15(2)6-5-13-11/h4-7H,3,8H2,1-2H3,(H,13,14). The van der Waals surface area contributed by atoms with Crippen LogP contribution in [0.15, 0.2) is 28.6 Å². The summed E-state index contributed by atoms with van der Waals surface area (Å²) in [5.74, 6) is 0.408. The molecule has 0 aliphatic heterocycles. The first-order valence-electron chi connectivity index (χ1n) is 5.53. The summed E-state index contributed by atoms with van der Waals surface area (Å²) in [6.45, 7) is 2.79. The third-order valence-electron chi connectivity index (χ3n) is 2.65. The van der Waals surface area contributed by atoms with Gasteiger partial charge in [-0.05, 0) is 23.4 Å². The minimum Gasteiger partial charge on any atom is -0.361 e. The van der Waals surface area contributed by atoms with Crippen LogP contribution in [0.4, 0.5) is 5.82 Å². The van der Waals surface area contributed by atoms with Crippen LogP contribution in [0.25, 0.3) is 0 Å². The molecule has 2 heterocycles. The van der Waals surface area contributed by atoms with Crippen molar-refractivity contribution < 1.29 is 0 Å². The van der Waals surface area contributed by atoms with E-state index in [0.717, 1.165) is 6.42 Å². The van der Waals surface area contributed by atoms with Gasteiger partial charge < -0.3 is 9.88 Å². The topological polar surface area (TPSA) is 46.9 Å². The van der Waals surface area contributed by atoms with Crippen LogP contribution in [0.1, 0.15) is 17.4 Å². The first-order valence-corrected chi connectivity index (χ1v) is 6.41. The van der Waals surface area contributed by atoms with Gasteiger partial charge in [-0.1, -0.05) is 6.92 Å². The summed E-state index contributed by atoms with van der Waals surface area (Å²) < 4.78 is 1.52. The molecule has 0 aromatic carbocycles. The summed E-state index contributed by atoms with van der Waals surface area (Å²) in [6, 6.07) is 2.12. The number of hydrogen-bond donors (Lipinski definition) is 1. The normalized spacial score (nSPS) is 10.5. The molecule has 0 atom stereocenters. The van der Waals surface area contributed by atoms with Crippen LogP contribution in [0.5, 0.6) is 0 Å². The van der Waals surface area contributed by atoms with Gasteiger partial charge in [0.05, 0.1) is 6.54 Å². The molecule has 4 nitrogen and oxygen atoms in total. The highest BCUT2D eigenvalue weighted by Gasteiger charge is 2.05. The van der Waals surface area contributed by atoms with Crippen molar-refractivity contribution in [2.24, 2.45) is 7.05 Å². The summed E-state index contributed by atoms with van der Waals surface area (Å²) in [7, 11) is 1.72. The Morgan fingerprint density at radius 3 is 3.12 bits per heavy atom. The van der Waals surface area contributed by atoms with Gasteiger partial charge in [-0.3, -0.25) is 4.79 Å². The minimum absolute atomic E-state index is 0.0953. The summed E-state index contributed by atoms with van der Waals surface area (Å²) in [5.41, 5.74) is 1.23. The van der Waals surface area contributed by atoms with E-state index >= 15 is 0 Å². The second-order valence-electron chi connectivity index (χ2n) is 3.77. The van der Waals surface area contributed by atoms with Crippen LogP contribution in [-0.4, -0.2) is 9.55 Å². The van der Waals surface area contributed by atoms with Gasteiger partial charge in [-0.25, -0.2) is 4.98 Å². The Kier molecular flexibility index (Phi) is 3.58. The minimum atomic E-state index is -0.0953. The van der Waals surface area contributed by atoms with E-state index in [1.165, 1.54) is 15.0 Å². The molecule has 0 fully saturated rings. The quantitative estimate of drug-likeness (QED) is 0.901. The predicted molar refractivity (Wildman–Crippen MR) is 70.5 cm³/mol. The molecule has 90 valence electrons. The molecular weight excluding hydrogens is 234 g/mol. The fourth-order valence-electron chi connectivity index (χ4n) is 1.62. The third-order valence-corrected chi connectivity index (χ3v) is 3.62. The average molecular weight is 249 g/mol. The smallest absolute Gasteiger partial charge is 0.293 e. The number of nitrogens with one attached hydrogen (secondary N) is 1. The number of aryl methyl sites for hydroxylation is 2. The van der Waals surface area contributed by atoms with Crippen LogP contribution >= 0.6 is 11.3 Å². The van der Waals surface area contributed by atoms with Crippen LogP contribution in [-0.2, 0) is 20.0 Å². The van der Waals surface area contributed by atoms with Crippen molar-refractivity contribution in [1.82, 2.24) is 9.55 Å². The van der Waals surface area contributed by atoms with Crippen molar-refractivity contribution in [3.05, 3.63) is 44.6 Å². The first kappa shape index (κ1) is 11.9. The number of nitrogens with zero attached hydrogens (tertiary/aromatic N) is 2. The molecule has 0 radical (unpaired) electrons. The highest BCUT2D eigenvalue weighted by Crippen LogP contribution is 2.17. The molecule has 2 aromatic rings. The lowest BCUT2D eigenvalue weighted by atomic mass is 10.2. The van der Waals surface area contributed by atoms with Gasteiger partial charge in [0.1, 0.15) is 0 Å². The zero-order valence-electron chi connectivity index (χ0n) is 9.93. The molecule has 17 heavy (non-hydrogen) atoms. The van der Waals surface area contributed by atoms with Crippen LogP contribution in [0.2, 0.25) is 0 Å². The van der Waals surface area contributed by atoms with E-state index in [1.54, 1.807) is 30.8 Å². The molecule has 2 aromatic heterocycles. The van der Waals surface area contributed by atoms with E-state index in [-0.39, 0.29) is 5.56 Å². The number of anilines is 1. The van der Waals surface area contributed by atoms with Crippen molar-refractivity contribution in [3.8, 4) is 0 Å². The molecule has 0 saturated heterocycles. The number of thiophene rings is 1. The van der Waals surface area contributed by atoms with Gasteiger partial charge in [0, 0.05) is 24.3 Å². The first-order chi connectivity index (χ1) is 8.22. The molecule has 0 spiro atoms. The van der Waals surface area contributed by atoms with Gasteiger partial charge in [-0.2, -0.15) is 0 Å². The average Bonchev–Trinajstić information content (AvgIpc) is 2.78. The molecule has 0 aliphatic rings. The van der Waals surface area contributed by atoms with Crippen LogP contribution < -0.4 is 10.9 Å². The van der Waals surface area contributed by atoms with Crippen molar-refractivity contribution in [2.75, 3.05) is 5.32 Å². The second-order valence-corrected chi connectivity index (χ2v) is 4.77. The van der Waals surface area contributed by atoms with Crippen LogP contribution in [0, 0.1) is 0 Å². The Labute approximate surface area is 104 Å². The van der Waals surface area contributed by atoms with Crippen molar-refractivity contribution in [1.29, 1.82) is 0 Å². The molecule has 0 unspecified atom stereocenters. The van der Waals surface area contributed by atoms with E-state index in [2.05, 4.69) is 28.7 Å². The Bertz CT molecular complexity index is 559. The Morgan fingerprint density at radius 2 is 2.35 bits per heavy atom. The Hall–Kier alpha value is -1.62. The van der Waals surface area contributed by atoms with Gasteiger partial charge in [-0.15, -0.1) is 11.3 Å². The van der Waals surface area contributed by atoms with Gasteiger partial charge in [0.15, 0.2) is 5.82 Å². The van der Waals surface area contributed by atoms with E-state index in [1.807, 2.05) is 0 Å². The maximum atomic E-state index is 11.7. The number of aromatic nitrogens is 2. The lowest BCUT2D eigenvalue weighted by Gasteiger charge is -2.06. The van der Waals surface area contributed by atoms with Gasteiger partial charge in [0.25, 0.3) is 5.56 Å². The predicted octanol–water partition coefficient (Wildman–Crippen LogP) is 2.02. The van der Waals surface area contributed by atoms with E-state index in [4.69, 9.17) is 0 Å². The van der Waals surface area contributed by atoms with Crippen molar-refractivity contribution in [2.45, 2.75) is 19.9 Å². The maximum Gasteiger partial charge on any atom is 0.293 e. The monoisotopic (exact) mass is 249 g/mol. The van der Waals surface area contributed by atoms with Crippen molar-refractivity contribution in [3.63, 3.8) is 0 Å². The SMILES string of the molecule is CCc1ccsc1CNc1nccn(C)c1=O. The lowest BCUT2D eigenvalue weighted by molar-refractivity contribution is 0.839. The van der Waals surface area contributed by atoms with Crippen molar-refractivity contribution >= 4 is 17.2 Å². The molecule has 1 N–H and O–H groups in total. The van der Waals surface area contributed by atoms with E-state index < -0.39 is 0 Å². The fourth-order valence-corrected chi connectivity index (χ4v) is 2.54. The summed E-state index contributed by atoms with van der Waals surface area (Å²) >= 11 is 1.70. The molecule has 0 amide bonds. The molecule has 2 rings (SSSR count). The number of rotatable bonds is 4. The maximum absolute atomic E-state index is 11.7. The second kappa shape index (κ2) is 5.14. The molecule has 0 aliphatic carbocycles. The molecule has 0 bridgehead atoms. The zero-order chi connectivity index (χ0) is 12.3. The third kappa shape index (κ3) is 2.55. The molecule has 0 saturated carbocycles. The van der Waals surface area contributed by atoms with E-state index in [0.29, 0.717) is 12.4 Å². The summed E-state index contributed by atoms with van der Waals surface area (Å²) in [5, 5.41) is 5.17. The Balaban J connectivity index is 2.13. The van der Waals surface area contributed by atoms with Gasteiger partial charge in [0.2, 0.25) is 0 Å². The largest absolute Gasteiger partial charge is 0.361 e.